The van der Waals surface area contributed by atoms with Crippen LogP contribution in [0.2, 0.25) is 10.0 Å². The van der Waals surface area contributed by atoms with Crippen LogP contribution in [0.4, 0.5) is 0 Å². The van der Waals surface area contributed by atoms with Crippen molar-refractivity contribution in [1.82, 2.24) is 5.32 Å². The lowest BCUT2D eigenvalue weighted by molar-refractivity contribution is -0.118. The Balaban J connectivity index is 1.65. The average Bonchev–Trinajstić information content (AvgIpc) is 3.04. The summed E-state index contributed by atoms with van der Waals surface area (Å²) in [4.78, 5) is 11.5. The third kappa shape index (κ3) is 5.51. The highest BCUT2D eigenvalue weighted by Gasteiger charge is 2.28. The molecule has 1 atom stereocenters. The minimum Gasteiger partial charge on any atom is -0.379 e. The van der Waals surface area contributed by atoms with E-state index in [1.165, 1.54) is 48.3 Å². The molecular formula is C18H15Cl2N3O4S2. The van der Waals surface area contributed by atoms with Crippen molar-refractivity contribution in [1.29, 1.82) is 0 Å². The van der Waals surface area contributed by atoms with Crippen molar-refractivity contribution in [3.63, 3.8) is 0 Å². The van der Waals surface area contributed by atoms with Crippen molar-refractivity contribution in [3.8, 4) is 5.75 Å². The van der Waals surface area contributed by atoms with Gasteiger partial charge in [0.25, 0.3) is 0 Å². The number of nitrogens with zero attached hydrogens (tertiary/aromatic N) is 2. The molecule has 0 radical (unpaired) electrons. The van der Waals surface area contributed by atoms with E-state index in [1.54, 1.807) is 12.1 Å². The number of thioether (sulfide) groups is 1. The van der Waals surface area contributed by atoms with Gasteiger partial charge < -0.3 is 9.50 Å². The van der Waals surface area contributed by atoms with Crippen LogP contribution >= 0.6 is 35.0 Å². The summed E-state index contributed by atoms with van der Waals surface area (Å²) in [5.74, 6) is 0.0556. The van der Waals surface area contributed by atoms with E-state index in [4.69, 9.17) is 27.4 Å². The molecule has 1 saturated heterocycles. The molecule has 1 fully saturated rings. The zero-order chi connectivity index (χ0) is 21.0. The van der Waals surface area contributed by atoms with Crippen LogP contribution in [0.3, 0.4) is 0 Å². The van der Waals surface area contributed by atoms with Crippen molar-refractivity contribution >= 4 is 62.4 Å². The zero-order valence-corrected chi connectivity index (χ0v) is 18.1. The summed E-state index contributed by atoms with van der Waals surface area (Å²) in [6, 6.07) is 10.1. The Kier molecular flexibility index (Phi) is 6.84. The van der Waals surface area contributed by atoms with E-state index >= 15 is 0 Å². The molecule has 1 amide bonds. The van der Waals surface area contributed by atoms with E-state index in [2.05, 4.69) is 15.5 Å². The molecule has 1 heterocycles. The molecule has 0 aromatic heterocycles. The van der Waals surface area contributed by atoms with Crippen LogP contribution in [0.5, 0.6) is 5.75 Å². The number of hydrogen-bond acceptors (Lipinski definition) is 7. The van der Waals surface area contributed by atoms with Gasteiger partial charge in [0.1, 0.15) is 10.6 Å². The normalized spacial score (nSPS) is 18.4. The molecule has 2 aromatic rings. The lowest BCUT2D eigenvalue weighted by Gasteiger charge is -2.08. The van der Waals surface area contributed by atoms with E-state index in [0.29, 0.717) is 17.2 Å². The Morgan fingerprint density at radius 3 is 2.52 bits per heavy atom. The summed E-state index contributed by atoms with van der Waals surface area (Å²) < 4.78 is 29.8. The van der Waals surface area contributed by atoms with Gasteiger partial charge in [0.2, 0.25) is 5.91 Å². The van der Waals surface area contributed by atoms with Gasteiger partial charge in [0, 0.05) is 0 Å². The molecule has 29 heavy (non-hydrogen) atoms. The molecule has 1 aliphatic heterocycles. The second-order valence-corrected chi connectivity index (χ2v) is 9.39. The second kappa shape index (κ2) is 9.17. The minimum atomic E-state index is -4.05. The number of nitrogens with one attached hydrogen (secondary N) is 1. The van der Waals surface area contributed by atoms with Gasteiger partial charge in [-0.05, 0) is 54.4 Å². The third-order valence-electron chi connectivity index (χ3n) is 3.77. The van der Waals surface area contributed by atoms with Crippen molar-refractivity contribution < 1.29 is 17.4 Å². The SMILES string of the molecule is CCC1S/C(=N/N=C/c2ccc(OS(=O)(=O)c3ccc(Cl)c(Cl)c3)cc2)NC1=O. The van der Waals surface area contributed by atoms with Gasteiger partial charge in [-0.3, -0.25) is 4.79 Å². The van der Waals surface area contributed by atoms with E-state index < -0.39 is 10.1 Å². The topological polar surface area (TPSA) is 97.2 Å². The van der Waals surface area contributed by atoms with Crippen LogP contribution in [-0.4, -0.2) is 31.0 Å². The minimum absolute atomic E-state index is 0.0730. The summed E-state index contributed by atoms with van der Waals surface area (Å²) in [5, 5.41) is 11.2. The fraction of sp³-hybridized carbons (Fsp3) is 0.167. The van der Waals surface area contributed by atoms with E-state index in [-0.39, 0.29) is 31.8 Å². The van der Waals surface area contributed by atoms with Gasteiger partial charge >= 0.3 is 10.1 Å². The molecular weight excluding hydrogens is 457 g/mol. The molecule has 3 rings (SSSR count). The number of amides is 1. The lowest BCUT2D eigenvalue weighted by atomic mass is 10.2. The highest BCUT2D eigenvalue weighted by Crippen LogP contribution is 2.27. The molecule has 2 aromatic carbocycles. The fourth-order valence-electron chi connectivity index (χ4n) is 2.29. The van der Waals surface area contributed by atoms with Crippen LogP contribution in [0, 0.1) is 0 Å². The monoisotopic (exact) mass is 471 g/mol. The summed E-state index contributed by atoms with van der Waals surface area (Å²) in [6.07, 6.45) is 2.20. The molecule has 0 saturated carbocycles. The summed E-state index contributed by atoms with van der Waals surface area (Å²) >= 11 is 13.0. The first-order chi connectivity index (χ1) is 13.8. The lowest BCUT2D eigenvalue weighted by Crippen LogP contribution is -2.24. The van der Waals surface area contributed by atoms with Crippen LogP contribution in [0.1, 0.15) is 18.9 Å². The smallest absolute Gasteiger partial charge is 0.339 e. The summed E-state index contributed by atoms with van der Waals surface area (Å²) in [6.45, 7) is 1.93. The highest BCUT2D eigenvalue weighted by atomic mass is 35.5. The number of halogens is 2. The Hall–Kier alpha value is -2.07. The predicted octanol–water partition coefficient (Wildman–Crippen LogP) is 4.09. The van der Waals surface area contributed by atoms with Gasteiger partial charge in [-0.2, -0.15) is 13.5 Å². The number of amidine groups is 1. The number of carbonyl (C=O) groups excluding carboxylic acids is 1. The van der Waals surface area contributed by atoms with Crippen LogP contribution in [0.15, 0.2) is 57.6 Å². The Morgan fingerprint density at radius 2 is 1.90 bits per heavy atom. The molecule has 0 bridgehead atoms. The van der Waals surface area contributed by atoms with Crippen LogP contribution < -0.4 is 9.50 Å². The van der Waals surface area contributed by atoms with Gasteiger partial charge in [0.05, 0.1) is 21.5 Å². The first kappa shape index (κ1) is 21.6. The van der Waals surface area contributed by atoms with Crippen molar-refractivity contribution in [2.24, 2.45) is 10.2 Å². The van der Waals surface area contributed by atoms with Gasteiger partial charge in [-0.25, -0.2) is 0 Å². The molecule has 1 N–H and O–H groups in total. The standard InChI is InChI=1S/C18H15Cl2N3O4S2/c1-2-16-17(24)22-18(28-16)23-21-10-11-3-5-12(6-4-11)27-29(25,26)13-7-8-14(19)15(20)9-13/h3-10,16H,2H2,1H3,(H,22,23,24)/b21-10+. The maximum absolute atomic E-state index is 12.3. The van der Waals surface area contributed by atoms with Gasteiger partial charge in [-0.15, -0.1) is 5.10 Å². The summed E-state index contributed by atoms with van der Waals surface area (Å²) in [5.41, 5.74) is 0.676. The zero-order valence-electron chi connectivity index (χ0n) is 15.0. The molecule has 7 nitrogen and oxygen atoms in total. The van der Waals surface area contributed by atoms with E-state index in [0.717, 1.165) is 0 Å². The average molecular weight is 472 g/mol. The Morgan fingerprint density at radius 1 is 1.17 bits per heavy atom. The largest absolute Gasteiger partial charge is 0.379 e. The van der Waals surface area contributed by atoms with Crippen molar-refractivity contribution in [2.75, 3.05) is 0 Å². The van der Waals surface area contributed by atoms with E-state index in [9.17, 15) is 13.2 Å². The van der Waals surface area contributed by atoms with Crippen LogP contribution in [0.25, 0.3) is 0 Å². The van der Waals surface area contributed by atoms with Gasteiger partial charge in [-0.1, -0.05) is 41.9 Å². The number of carbonyl (C=O) groups is 1. The Labute approximate surface area is 182 Å². The molecule has 0 aliphatic carbocycles. The van der Waals surface area contributed by atoms with Gasteiger partial charge in [0.15, 0.2) is 5.17 Å². The fourth-order valence-corrected chi connectivity index (χ4v) is 4.46. The molecule has 1 aliphatic rings. The van der Waals surface area contributed by atoms with Crippen molar-refractivity contribution in [3.05, 3.63) is 58.1 Å². The molecule has 152 valence electrons. The first-order valence-corrected chi connectivity index (χ1v) is 11.4. The Bertz CT molecular complexity index is 1090. The maximum atomic E-state index is 12.3. The number of hydrogen-bond donors (Lipinski definition) is 1. The molecule has 1 unspecified atom stereocenters. The number of rotatable bonds is 6. The predicted molar refractivity (Wildman–Crippen MR) is 116 cm³/mol. The highest BCUT2D eigenvalue weighted by molar-refractivity contribution is 8.15. The first-order valence-electron chi connectivity index (χ1n) is 8.36. The van der Waals surface area contributed by atoms with Crippen molar-refractivity contribution in [2.45, 2.75) is 23.5 Å². The maximum Gasteiger partial charge on any atom is 0.339 e. The number of benzene rings is 2. The summed E-state index contributed by atoms with van der Waals surface area (Å²) in [7, 11) is -4.05. The second-order valence-electron chi connectivity index (χ2n) is 5.84. The van der Waals surface area contributed by atoms with Crippen LogP contribution in [-0.2, 0) is 14.9 Å². The quantitative estimate of drug-likeness (QED) is 0.388. The van der Waals surface area contributed by atoms with E-state index in [1.807, 2.05) is 6.92 Å². The third-order valence-corrected chi connectivity index (χ3v) is 6.99. The molecule has 11 heteroatoms. The molecule has 0 spiro atoms.